The molecule has 28 heavy (non-hydrogen) atoms. The summed E-state index contributed by atoms with van der Waals surface area (Å²) >= 11 is 0. The fraction of sp³-hybridized carbons (Fsp3) is 0.286. The summed E-state index contributed by atoms with van der Waals surface area (Å²) in [6.07, 6.45) is 2.75. The van der Waals surface area contributed by atoms with Crippen LogP contribution in [-0.4, -0.2) is 37.7 Å². The molecule has 1 heterocycles. The summed E-state index contributed by atoms with van der Waals surface area (Å²) < 4.78 is 18.9. The van der Waals surface area contributed by atoms with E-state index in [4.69, 9.17) is 4.74 Å². The smallest absolute Gasteiger partial charge is 0.191 e. The van der Waals surface area contributed by atoms with Crippen molar-refractivity contribution in [3.8, 4) is 0 Å². The first-order valence-electron chi connectivity index (χ1n) is 9.08. The fourth-order valence-corrected chi connectivity index (χ4v) is 2.91. The number of aromatic amines is 1. The number of benzene rings is 2. The van der Waals surface area contributed by atoms with E-state index in [9.17, 15) is 4.39 Å². The molecule has 0 saturated heterocycles. The molecule has 0 atom stereocenters. The van der Waals surface area contributed by atoms with Gasteiger partial charge in [-0.25, -0.2) is 4.39 Å². The first-order valence-corrected chi connectivity index (χ1v) is 9.08. The summed E-state index contributed by atoms with van der Waals surface area (Å²) in [5.41, 5.74) is 3.14. The molecule has 0 amide bonds. The predicted molar refractivity (Wildman–Crippen MR) is 123 cm³/mol. The Morgan fingerprint density at radius 3 is 2.68 bits per heavy atom. The average Bonchev–Trinajstić information content (AvgIpc) is 3.09. The number of aromatic nitrogens is 1. The van der Waals surface area contributed by atoms with E-state index in [1.54, 1.807) is 7.05 Å². The van der Waals surface area contributed by atoms with Crippen LogP contribution in [0.15, 0.2) is 59.7 Å². The van der Waals surface area contributed by atoms with Crippen molar-refractivity contribution in [2.24, 2.45) is 4.99 Å². The first kappa shape index (κ1) is 22.2. The van der Waals surface area contributed by atoms with Crippen LogP contribution in [0.5, 0.6) is 0 Å². The van der Waals surface area contributed by atoms with Crippen LogP contribution in [0.1, 0.15) is 11.1 Å². The minimum Gasteiger partial charge on any atom is -0.375 e. The van der Waals surface area contributed by atoms with Crippen molar-refractivity contribution >= 4 is 40.8 Å². The number of ether oxygens (including phenoxy) is 1. The highest BCUT2D eigenvalue weighted by atomic mass is 127. The lowest BCUT2D eigenvalue weighted by molar-refractivity contribution is 0.125. The van der Waals surface area contributed by atoms with Crippen LogP contribution in [0.25, 0.3) is 10.9 Å². The van der Waals surface area contributed by atoms with Gasteiger partial charge in [0.05, 0.1) is 13.2 Å². The first-order chi connectivity index (χ1) is 13.3. The van der Waals surface area contributed by atoms with Gasteiger partial charge in [0.25, 0.3) is 0 Å². The number of nitrogens with zero attached hydrogens (tertiary/aromatic N) is 1. The monoisotopic (exact) mass is 496 g/mol. The number of hydrogen-bond acceptors (Lipinski definition) is 2. The lowest BCUT2D eigenvalue weighted by Gasteiger charge is -2.12. The summed E-state index contributed by atoms with van der Waals surface area (Å²) in [6, 6.07) is 14.9. The summed E-state index contributed by atoms with van der Waals surface area (Å²) in [5, 5.41) is 7.58. The number of halogens is 2. The Labute approximate surface area is 181 Å². The molecule has 0 spiro atoms. The molecule has 0 aliphatic heterocycles. The number of guanidine groups is 1. The van der Waals surface area contributed by atoms with Gasteiger partial charge < -0.3 is 20.4 Å². The molecule has 0 unspecified atom stereocenters. The Balaban J connectivity index is 0.00000280. The highest BCUT2D eigenvalue weighted by molar-refractivity contribution is 14.0. The van der Waals surface area contributed by atoms with Gasteiger partial charge in [0.2, 0.25) is 0 Å². The van der Waals surface area contributed by atoms with E-state index in [0.29, 0.717) is 19.8 Å². The molecule has 0 bridgehead atoms. The third-order valence-corrected chi connectivity index (χ3v) is 4.29. The zero-order chi connectivity index (χ0) is 18.9. The highest BCUT2D eigenvalue weighted by Crippen LogP contribution is 2.19. The lowest BCUT2D eigenvalue weighted by Crippen LogP contribution is -2.39. The summed E-state index contributed by atoms with van der Waals surface area (Å²) in [5.74, 6) is 0.511. The van der Waals surface area contributed by atoms with Crippen LogP contribution < -0.4 is 10.6 Å². The van der Waals surface area contributed by atoms with Gasteiger partial charge >= 0.3 is 0 Å². The molecule has 150 valence electrons. The Bertz CT molecular complexity index is 883. The van der Waals surface area contributed by atoms with Crippen molar-refractivity contribution in [2.45, 2.75) is 13.0 Å². The van der Waals surface area contributed by atoms with E-state index < -0.39 is 0 Å². The minimum atomic E-state index is -0.229. The summed E-state index contributed by atoms with van der Waals surface area (Å²) in [4.78, 5) is 7.33. The number of hydrogen-bond donors (Lipinski definition) is 3. The summed E-state index contributed by atoms with van der Waals surface area (Å²) in [6.45, 7) is 2.62. The molecule has 7 heteroatoms. The maximum Gasteiger partial charge on any atom is 0.191 e. The standard InChI is InChI=1S/C21H25FN4O.HI/c1-23-21(25-11-12-27-15-16-5-3-2-4-6-16)24-10-9-17-14-26-20-13-18(22)7-8-19(17)20;/h2-8,13-14,26H,9-12,15H2,1H3,(H2,23,24,25);1H. The molecular formula is C21H26FIN4O. The fourth-order valence-electron chi connectivity index (χ4n) is 2.91. The molecule has 0 aliphatic carbocycles. The zero-order valence-electron chi connectivity index (χ0n) is 15.9. The van der Waals surface area contributed by atoms with Gasteiger partial charge in [0.15, 0.2) is 5.96 Å². The molecule has 2 aromatic carbocycles. The normalized spacial score (nSPS) is 11.3. The van der Waals surface area contributed by atoms with E-state index in [2.05, 4.69) is 20.6 Å². The van der Waals surface area contributed by atoms with Gasteiger partial charge in [0.1, 0.15) is 5.82 Å². The number of H-pyrrole nitrogens is 1. The van der Waals surface area contributed by atoms with Gasteiger partial charge in [-0.05, 0) is 35.7 Å². The number of aliphatic imine (C=N–C) groups is 1. The number of rotatable bonds is 8. The van der Waals surface area contributed by atoms with Crippen LogP contribution in [-0.2, 0) is 17.8 Å². The third kappa shape index (κ3) is 6.49. The van der Waals surface area contributed by atoms with E-state index in [1.807, 2.05) is 42.6 Å². The maximum atomic E-state index is 13.3. The highest BCUT2D eigenvalue weighted by Gasteiger charge is 2.05. The molecule has 0 radical (unpaired) electrons. The minimum absolute atomic E-state index is 0. The van der Waals surface area contributed by atoms with E-state index in [1.165, 1.54) is 17.7 Å². The third-order valence-electron chi connectivity index (χ3n) is 4.29. The molecule has 3 rings (SSSR count). The van der Waals surface area contributed by atoms with Crippen molar-refractivity contribution in [3.05, 3.63) is 71.7 Å². The van der Waals surface area contributed by atoms with Crippen LogP contribution in [0.4, 0.5) is 4.39 Å². The van der Waals surface area contributed by atoms with E-state index in [0.717, 1.165) is 35.4 Å². The molecule has 3 aromatic rings. The SMILES string of the molecule is CN=C(NCCOCc1ccccc1)NCCc1c[nH]c2cc(F)ccc12.I. The van der Waals surface area contributed by atoms with Gasteiger partial charge in [0, 0.05) is 37.2 Å². The van der Waals surface area contributed by atoms with Crippen LogP contribution in [0.2, 0.25) is 0 Å². The maximum absolute atomic E-state index is 13.3. The Hall–Kier alpha value is -2.13. The van der Waals surface area contributed by atoms with Crippen LogP contribution >= 0.6 is 24.0 Å². The van der Waals surface area contributed by atoms with E-state index >= 15 is 0 Å². The van der Waals surface area contributed by atoms with Crippen molar-refractivity contribution in [1.82, 2.24) is 15.6 Å². The molecule has 0 fully saturated rings. The molecule has 3 N–H and O–H groups in total. The Kier molecular flexibility index (Phi) is 9.22. The van der Waals surface area contributed by atoms with Gasteiger partial charge in [-0.2, -0.15) is 0 Å². The van der Waals surface area contributed by atoms with Crippen molar-refractivity contribution in [3.63, 3.8) is 0 Å². The second-order valence-electron chi connectivity index (χ2n) is 6.22. The van der Waals surface area contributed by atoms with Gasteiger partial charge in [-0.15, -0.1) is 24.0 Å². The quantitative estimate of drug-likeness (QED) is 0.192. The number of fused-ring (bicyclic) bond motifs is 1. The molecule has 0 aliphatic rings. The topological polar surface area (TPSA) is 61.4 Å². The largest absolute Gasteiger partial charge is 0.375 e. The van der Waals surface area contributed by atoms with Gasteiger partial charge in [-0.1, -0.05) is 30.3 Å². The van der Waals surface area contributed by atoms with E-state index in [-0.39, 0.29) is 29.8 Å². The lowest BCUT2D eigenvalue weighted by atomic mass is 10.1. The van der Waals surface area contributed by atoms with Crippen molar-refractivity contribution in [1.29, 1.82) is 0 Å². The predicted octanol–water partition coefficient (Wildman–Crippen LogP) is 3.85. The number of nitrogens with one attached hydrogen (secondary N) is 3. The Morgan fingerprint density at radius 1 is 1.11 bits per heavy atom. The average molecular weight is 496 g/mol. The van der Waals surface area contributed by atoms with Crippen LogP contribution in [0.3, 0.4) is 0 Å². The second kappa shape index (κ2) is 11.7. The Morgan fingerprint density at radius 2 is 1.89 bits per heavy atom. The second-order valence-corrected chi connectivity index (χ2v) is 6.22. The van der Waals surface area contributed by atoms with Crippen molar-refractivity contribution in [2.75, 3.05) is 26.7 Å². The zero-order valence-corrected chi connectivity index (χ0v) is 18.2. The molecular weight excluding hydrogens is 470 g/mol. The van der Waals surface area contributed by atoms with Crippen molar-refractivity contribution < 1.29 is 9.13 Å². The molecule has 0 saturated carbocycles. The van der Waals surface area contributed by atoms with Crippen LogP contribution in [0, 0.1) is 5.82 Å². The summed E-state index contributed by atoms with van der Waals surface area (Å²) in [7, 11) is 1.74. The van der Waals surface area contributed by atoms with Gasteiger partial charge in [-0.3, -0.25) is 4.99 Å². The molecule has 1 aromatic heterocycles. The molecule has 5 nitrogen and oxygen atoms in total.